The third-order valence-electron chi connectivity index (χ3n) is 21.1. The van der Waals surface area contributed by atoms with Crippen LogP contribution in [0.2, 0.25) is 172 Å². The minimum atomic E-state index is -1.59. The topological polar surface area (TPSA) is 0 Å². The van der Waals surface area contributed by atoms with Gasteiger partial charge in [-0.25, -0.2) is 0 Å². The normalized spacial score (nSPS) is 14.2. The van der Waals surface area contributed by atoms with Crippen molar-refractivity contribution in [2.45, 2.75) is 343 Å². The fraction of sp³-hybridized carbons (Fsp3) is 0.913. The number of benzene rings is 1. The molecule has 0 aromatic heterocycles. The van der Waals surface area contributed by atoms with Crippen molar-refractivity contribution < 1.29 is 0 Å². The summed E-state index contributed by atoms with van der Waals surface area (Å²) in [5.41, 5.74) is 12.8. The monoisotopic (exact) mass is 1540 g/mol. The van der Waals surface area contributed by atoms with Gasteiger partial charge >= 0.3 is 0 Å². The smallest absolute Gasteiger partial charge is 0.0639 e. The summed E-state index contributed by atoms with van der Waals surface area (Å²) in [5.74, 6) is 0. The Balaban J connectivity index is 5.16. The van der Waals surface area contributed by atoms with Crippen LogP contribution in [-0.2, 0) is 16.2 Å². The molecule has 516 valence electrons. The number of hydrogen-bond acceptors (Lipinski definition) is 0. The molecule has 0 nitrogen and oxygen atoms in total. The molecule has 1 rings (SSSR count). The van der Waals surface area contributed by atoms with E-state index in [-0.39, 0.29) is 16.2 Å². The lowest BCUT2D eigenvalue weighted by Crippen LogP contribution is -2.36. The first kappa shape index (κ1) is 88.8. The van der Waals surface area contributed by atoms with E-state index in [1.807, 2.05) is 0 Å². The predicted octanol–water partition coefficient (Wildman–Crippen LogP) is 28.1. The van der Waals surface area contributed by atoms with Crippen molar-refractivity contribution in [1.82, 2.24) is 0 Å². The predicted molar refractivity (Wildman–Crippen MR) is 439 cm³/mol. The first-order valence-electron chi connectivity index (χ1n) is 35.4. The maximum Gasteiger partial charge on any atom is 0.0639 e. The van der Waals surface area contributed by atoms with Crippen LogP contribution in [0.5, 0.6) is 0 Å². The van der Waals surface area contributed by atoms with Crippen LogP contribution >= 0.6 is 104 Å². The number of rotatable bonds is 54. The third kappa shape index (κ3) is 35.9. The molecule has 0 unspecified atom stereocenters. The summed E-state index contributed by atoms with van der Waals surface area (Å²) in [6.45, 7) is 45.5. The number of alkyl halides is 9. The van der Waals surface area contributed by atoms with E-state index in [2.05, 4.69) is 136 Å². The zero-order valence-electron chi connectivity index (χ0n) is 60.3. The van der Waals surface area contributed by atoms with Gasteiger partial charge in [0.1, 0.15) is 0 Å². The highest BCUT2D eigenvalue weighted by atomic mass is 35.5. The second kappa shape index (κ2) is 42.0. The van der Waals surface area contributed by atoms with Gasteiger partial charge in [0.15, 0.2) is 0 Å². The van der Waals surface area contributed by atoms with Crippen LogP contribution in [0.4, 0.5) is 0 Å². The molecule has 87 heavy (non-hydrogen) atoms. The van der Waals surface area contributed by atoms with Gasteiger partial charge in [0, 0.05) is 49.5 Å². The van der Waals surface area contributed by atoms with Gasteiger partial charge < -0.3 is 0 Å². The van der Waals surface area contributed by atoms with E-state index in [1.165, 1.54) is 208 Å². The standard InChI is InChI=1S/C69H141Cl9Si9/c1-79(2,55-70)43-25-19-34-67(40-31-49-85(13,14)61-76,35-20-26-44-80(3,4)56-71)64-52-65(68(41-32-50-86(15,16)62-77,36-21-27-45-81(5,6)57-72)37-22-28-46-82(7,8)58-73)54-66(53-64)69(42-33-51-87(17,18)63-78,38-23-29-47-83(9,10)59-74)39-24-30-48-84(11,12)60-75/h52-54H,19-51,55-63H2,1-18H3. The van der Waals surface area contributed by atoms with Crippen molar-refractivity contribution in [1.29, 1.82) is 0 Å². The summed E-state index contributed by atoms with van der Waals surface area (Å²) in [6.07, 6.45) is 30.2. The number of unbranched alkanes of at least 4 members (excludes halogenated alkanes) is 6. The van der Waals surface area contributed by atoms with Crippen LogP contribution in [0.3, 0.4) is 0 Å². The van der Waals surface area contributed by atoms with E-state index in [9.17, 15) is 0 Å². The summed E-state index contributed by atoms with van der Waals surface area (Å²) >= 11 is 61.6. The Labute approximate surface area is 598 Å². The van der Waals surface area contributed by atoms with Crippen molar-refractivity contribution in [3.63, 3.8) is 0 Å². The van der Waals surface area contributed by atoms with Crippen LogP contribution in [0.15, 0.2) is 18.2 Å². The molecule has 1 aromatic rings. The Morgan fingerprint density at radius 3 is 0.437 bits per heavy atom. The minimum absolute atomic E-state index is 0.0529. The molecule has 0 spiro atoms. The van der Waals surface area contributed by atoms with Gasteiger partial charge in [-0.3, -0.25) is 0 Å². The number of halogens is 9. The van der Waals surface area contributed by atoms with E-state index in [4.69, 9.17) is 104 Å². The van der Waals surface area contributed by atoms with E-state index in [1.54, 1.807) is 16.7 Å². The molecule has 0 radical (unpaired) electrons. The van der Waals surface area contributed by atoms with Gasteiger partial charge in [0.05, 0.1) is 72.7 Å². The molecule has 0 N–H and O–H groups in total. The second-order valence-corrected chi connectivity index (χ2v) is 89.2. The van der Waals surface area contributed by atoms with E-state index in [0.717, 1.165) is 49.5 Å². The van der Waals surface area contributed by atoms with Crippen molar-refractivity contribution >= 4 is 177 Å². The van der Waals surface area contributed by atoms with Crippen molar-refractivity contribution in [3.8, 4) is 0 Å². The molecular weight excluding hydrogens is 1400 g/mol. The van der Waals surface area contributed by atoms with E-state index in [0.29, 0.717) is 0 Å². The highest BCUT2D eigenvalue weighted by molar-refractivity contribution is 6.86. The Morgan fingerprint density at radius 1 is 0.195 bits per heavy atom. The molecule has 0 heterocycles. The molecule has 18 heteroatoms. The van der Waals surface area contributed by atoms with Gasteiger partial charge in [-0.2, -0.15) is 0 Å². The van der Waals surface area contributed by atoms with Gasteiger partial charge in [0.25, 0.3) is 0 Å². The molecule has 0 bridgehead atoms. The van der Waals surface area contributed by atoms with Gasteiger partial charge in [-0.05, 0) is 90.7 Å². The van der Waals surface area contributed by atoms with E-state index < -0.39 is 72.7 Å². The Kier molecular flexibility index (Phi) is 42.9. The lowest BCUT2D eigenvalue weighted by atomic mass is 9.62. The lowest BCUT2D eigenvalue weighted by Gasteiger charge is -2.43. The van der Waals surface area contributed by atoms with Gasteiger partial charge in [0.2, 0.25) is 0 Å². The maximum absolute atomic E-state index is 6.94. The fourth-order valence-electron chi connectivity index (χ4n) is 13.7. The van der Waals surface area contributed by atoms with Crippen LogP contribution in [0, 0.1) is 0 Å². The van der Waals surface area contributed by atoms with Crippen LogP contribution in [0.1, 0.15) is 171 Å². The molecule has 0 aliphatic rings. The molecule has 0 aliphatic carbocycles. The molecule has 0 fully saturated rings. The molecule has 1 aromatic carbocycles. The molecular formula is C69H141Cl9Si9. The van der Waals surface area contributed by atoms with Crippen molar-refractivity contribution in [3.05, 3.63) is 34.9 Å². The molecule has 0 atom stereocenters. The second-order valence-electron chi connectivity index (χ2n) is 36.1. The highest BCUT2D eigenvalue weighted by Gasteiger charge is 2.42. The summed E-state index contributed by atoms with van der Waals surface area (Å²) in [4.78, 5) is 0. The first-order chi connectivity index (χ1) is 40.2. The SMILES string of the molecule is C[Si](C)(CCl)CCCCC(CCCC[Si](C)(C)CCl)(CCC[Si](C)(C)CCl)c1cc(C(CCCC[Si](C)(C)CCl)(CCCC[Si](C)(C)CCl)CCC[Si](C)(C)CCl)cc(C(CCCC[Si](C)(C)CCl)(CCCC[Si](C)(C)CCl)CCC[Si](C)(C)CCl)c1. The Hall–Kier alpha value is 3.78. The maximum atomic E-state index is 6.94. The number of hydrogen-bond donors (Lipinski definition) is 0. The molecule has 0 saturated carbocycles. The van der Waals surface area contributed by atoms with Crippen molar-refractivity contribution in [2.75, 3.05) is 49.5 Å². The fourth-order valence-corrected chi connectivity index (χ4v) is 29.1. The Bertz CT molecular complexity index is 1690. The van der Waals surface area contributed by atoms with Crippen LogP contribution < -0.4 is 0 Å². The summed E-state index contributed by atoms with van der Waals surface area (Å²) in [6, 6.07) is 20.6. The van der Waals surface area contributed by atoms with Crippen LogP contribution in [-0.4, -0.2) is 122 Å². The average molecular weight is 1540 g/mol. The van der Waals surface area contributed by atoms with Gasteiger partial charge in [-0.1, -0.05) is 287 Å². The molecule has 0 saturated heterocycles. The van der Waals surface area contributed by atoms with E-state index >= 15 is 0 Å². The average Bonchev–Trinajstić information content (AvgIpc) is 1.64. The largest absolute Gasteiger partial charge is 0.130 e. The minimum Gasteiger partial charge on any atom is -0.130 e. The summed E-state index contributed by atoms with van der Waals surface area (Å²) in [5, 5.41) is 0. The van der Waals surface area contributed by atoms with Crippen molar-refractivity contribution in [2.24, 2.45) is 0 Å². The van der Waals surface area contributed by atoms with Gasteiger partial charge in [-0.15, -0.1) is 104 Å². The summed E-state index contributed by atoms with van der Waals surface area (Å²) in [7, 11) is -13.7. The third-order valence-corrected chi connectivity index (χ3v) is 62.5. The zero-order chi connectivity index (χ0) is 66.6. The Morgan fingerprint density at radius 2 is 0.310 bits per heavy atom. The first-order valence-corrected chi connectivity index (χ1v) is 71.0. The summed E-state index contributed by atoms with van der Waals surface area (Å²) < 4.78 is 0. The molecule has 0 amide bonds. The quantitative estimate of drug-likeness (QED) is 0.0346. The molecule has 0 aliphatic heterocycles. The van der Waals surface area contributed by atoms with Crippen LogP contribution in [0.25, 0.3) is 0 Å². The zero-order valence-corrected chi connectivity index (χ0v) is 76.1. The highest BCUT2D eigenvalue weighted by Crippen LogP contribution is 2.51. The lowest BCUT2D eigenvalue weighted by molar-refractivity contribution is 0.293.